The monoisotopic (exact) mass is 496 g/mol. The molecule has 0 aromatic heterocycles. The fraction of sp³-hybridized carbons (Fsp3) is 0.296. The molecule has 3 aromatic rings. The number of nitrogens with zero attached hydrogens (tertiary/aromatic N) is 1. The second-order valence-corrected chi connectivity index (χ2v) is 10.1. The van der Waals surface area contributed by atoms with Crippen LogP contribution in [0.3, 0.4) is 0 Å². The van der Waals surface area contributed by atoms with Crippen LogP contribution in [0, 0.1) is 0 Å². The van der Waals surface area contributed by atoms with Gasteiger partial charge in [0.05, 0.1) is 38.3 Å². The Labute approximate surface area is 207 Å². The van der Waals surface area contributed by atoms with Crippen molar-refractivity contribution in [3.05, 3.63) is 83.4 Å². The lowest BCUT2D eigenvalue weighted by Gasteiger charge is -2.26. The highest BCUT2D eigenvalue weighted by Gasteiger charge is 2.26. The van der Waals surface area contributed by atoms with Gasteiger partial charge in [-0.3, -0.25) is 9.10 Å². The van der Waals surface area contributed by atoms with Gasteiger partial charge in [0.15, 0.2) is 11.5 Å². The Morgan fingerprint density at radius 1 is 0.914 bits per heavy atom. The third-order valence-electron chi connectivity index (χ3n) is 5.62. The van der Waals surface area contributed by atoms with E-state index in [-0.39, 0.29) is 17.8 Å². The molecular weight excluding hydrogens is 464 g/mol. The van der Waals surface area contributed by atoms with Crippen LogP contribution in [0.2, 0.25) is 0 Å². The van der Waals surface area contributed by atoms with E-state index in [4.69, 9.17) is 9.47 Å². The van der Waals surface area contributed by atoms with Crippen LogP contribution >= 0.6 is 0 Å². The molecule has 0 fully saturated rings. The third kappa shape index (κ3) is 6.76. The summed E-state index contributed by atoms with van der Waals surface area (Å²) in [6.45, 7) is 2.20. The number of hydrogen-bond donors (Lipinski definition) is 1. The van der Waals surface area contributed by atoms with Gasteiger partial charge in [-0.05, 0) is 42.2 Å². The van der Waals surface area contributed by atoms with Crippen molar-refractivity contribution in [2.75, 3.05) is 30.1 Å². The lowest BCUT2D eigenvalue weighted by molar-refractivity contribution is 0.102. The highest BCUT2D eigenvalue weighted by atomic mass is 32.2. The Balaban J connectivity index is 2.03. The predicted molar refractivity (Wildman–Crippen MR) is 140 cm³/mol. The van der Waals surface area contributed by atoms with E-state index in [1.165, 1.54) is 36.2 Å². The number of nitrogens with one attached hydrogen (secondary N) is 1. The highest BCUT2D eigenvalue weighted by molar-refractivity contribution is 7.92. The number of benzene rings is 3. The van der Waals surface area contributed by atoms with Crippen LogP contribution < -0.4 is 19.1 Å². The summed E-state index contributed by atoms with van der Waals surface area (Å²) in [5.41, 5.74) is 2.94. The van der Waals surface area contributed by atoms with Crippen molar-refractivity contribution in [3.8, 4) is 11.5 Å². The molecule has 3 rings (SSSR count). The number of amides is 1. The number of rotatable bonds is 11. The third-order valence-corrected chi connectivity index (χ3v) is 6.74. The van der Waals surface area contributed by atoms with Crippen LogP contribution in [0.15, 0.2) is 66.7 Å². The number of methoxy groups -OCH3 is 2. The van der Waals surface area contributed by atoms with Gasteiger partial charge in [-0.2, -0.15) is 0 Å². The van der Waals surface area contributed by atoms with Gasteiger partial charge in [-0.1, -0.05) is 55.8 Å². The molecule has 3 aromatic carbocycles. The molecule has 0 radical (unpaired) electrons. The fourth-order valence-corrected chi connectivity index (χ4v) is 4.61. The van der Waals surface area contributed by atoms with Crippen molar-refractivity contribution in [2.24, 2.45) is 0 Å². The first-order valence-corrected chi connectivity index (χ1v) is 13.3. The lowest BCUT2D eigenvalue weighted by atomic mass is 10.1. The Hall–Kier alpha value is -3.52. The molecule has 35 heavy (non-hydrogen) atoms. The zero-order valence-corrected chi connectivity index (χ0v) is 21.4. The van der Waals surface area contributed by atoms with Crippen molar-refractivity contribution in [2.45, 2.75) is 32.7 Å². The van der Waals surface area contributed by atoms with Gasteiger partial charge in [0.25, 0.3) is 5.91 Å². The number of carbonyl (C=O) groups excluding carboxylic acids is 1. The van der Waals surface area contributed by atoms with Crippen molar-refractivity contribution in [1.82, 2.24) is 0 Å². The molecule has 0 aliphatic carbocycles. The molecular formula is C27H32N2O5S. The van der Waals surface area contributed by atoms with Crippen LogP contribution in [-0.4, -0.2) is 34.8 Å². The molecule has 0 unspecified atom stereocenters. The minimum atomic E-state index is -3.75. The van der Waals surface area contributed by atoms with E-state index in [1.54, 1.807) is 0 Å². The molecule has 0 spiro atoms. The molecule has 7 nitrogen and oxygen atoms in total. The second kappa shape index (κ2) is 11.8. The maximum atomic E-state index is 13.4. The Morgan fingerprint density at radius 3 is 2.11 bits per heavy atom. The summed E-state index contributed by atoms with van der Waals surface area (Å²) in [5.74, 6) is 0.189. The summed E-state index contributed by atoms with van der Waals surface area (Å²) in [5, 5.41) is 2.88. The number of unbranched alkanes of at least 4 members (excludes halogenated alkanes) is 1. The maximum Gasteiger partial charge on any atom is 0.257 e. The summed E-state index contributed by atoms with van der Waals surface area (Å²) in [6.07, 6.45) is 4.31. The number of sulfonamides is 1. The van der Waals surface area contributed by atoms with E-state index in [2.05, 4.69) is 12.2 Å². The number of carbonyl (C=O) groups is 1. The van der Waals surface area contributed by atoms with Crippen LogP contribution in [0.1, 0.15) is 41.3 Å². The quantitative estimate of drug-likeness (QED) is 0.391. The lowest BCUT2D eigenvalue weighted by Crippen LogP contribution is -2.31. The summed E-state index contributed by atoms with van der Waals surface area (Å²) in [6, 6.07) is 19.9. The van der Waals surface area contributed by atoms with Crippen molar-refractivity contribution in [1.29, 1.82) is 0 Å². The smallest absolute Gasteiger partial charge is 0.257 e. The highest BCUT2D eigenvalue weighted by Crippen LogP contribution is 2.37. The van der Waals surface area contributed by atoms with E-state index < -0.39 is 15.9 Å². The Bertz CT molecular complexity index is 1240. The number of hydrogen-bond acceptors (Lipinski definition) is 5. The van der Waals surface area contributed by atoms with Crippen LogP contribution in [0.5, 0.6) is 11.5 Å². The van der Waals surface area contributed by atoms with Crippen molar-refractivity contribution < 1.29 is 22.7 Å². The summed E-state index contributed by atoms with van der Waals surface area (Å²) >= 11 is 0. The van der Waals surface area contributed by atoms with Crippen LogP contribution in [-0.2, 0) is 23.0 Å². The first-order valence-electron chi connectivity index (χ1n) is 11.4. The molecule has 0 aliphatic heterocycles. The fourth-order valence-electron chi connectivity index (χ4n) is 3.72. The van der Waals surface area contributed by atoms with Gasteiger partial charge in [0.2, 0.25) is 10.0 Å². The minimum Gasteiger partial charge on any atom is -0.493 e. The largest absolute Gasteiger partial charge is 0.493 e. The van der Waals surface area contributed by atoms with Crippen molar-refractivity contribution >= 4 is 27.3 Å². The summed E-state index contributed by atoms with van der Waals surface area (Å²) < 4.78 is 37.7. The SMILES string of the molecule is CCCCc1ccc(NC(=O)c2cc(OC)c(OC)cc2N(Cc2ccccc2)S(C)(=O)=O)cc1. The molecule has 8 heteroatoms. The van der Waals surface area contributed by atoms with E-state index in [9.17, 15) is 13.2 Å². The zero-order chi connectivity index (χ0) is 25.4. The molecule has 0 atom stereocenters. The molecule has 1 N–H and O–H groups in total. The van der Waals surface area contributed by atoms with Crippen molar-refractivity contribution in [3.63, 3.8) is 0 Å². The first-order chi connectivity index (χ1) is 16.8. The van der Waals surface area contributed by atoms with Gasteiger partial charge in [0.1, 0.15) is 0 Å². The summed E-state index contributed by atoms with van der Waals surface area (Å²) in [4.78, 5) is 13.4. The second-order valence-electron chi connectivity index (χ2n) is 8.23. The predicted octanol–water partition coefficient (Wildman–Crippen LogP) is 5.26. The molecule has 1 amide bonds. The molecule has 0 aliphatic rings. The van der Waals surface area contributed by atoms with Gasteiger partial charge < -0.3 is 14.8 Å². The Morgan fingerprint density at radius 2 is 1.54 bits per heavy atom. The molecule has 0 bridgehead atoms. The number of aryl methyl sites for hydroxylation is 1. The molecule has 0 saturated heterocycles. The number of anilines is 2. The molecule has 0 saturated carbocycles. The maximum absolute atomic E-state index is 13.4. The van der Waals surface area contributed by atoms with Gasteiger partial charge in [0, 0.05) is 11.8 Å². The standard InChI is InChI=1S/C27H32N2O5S/c1-5-6-10-20-13-15-22(16-14-20)28-27(30)23-17-25(33-2)26(34-3)18-24(23)29(35(4,31)32)19-21-11-8-7-9-12-21/h7-9,11-18H,5-6,10,19H2,1-4H3,(H,28,30). The van der Waals surface area contributed by atoms with E-state index >= 15 is 0 Å². The number of ether oxygens (including phenoxy) is 2. The molecule has 0 heterocycles. The van der Waals surface area contributed by atoms with E-state index in [0.29, 0.717) is 17.2 Å². The van der Waals surface area contributed by atoms with E-state index in [0.717, 1.165) is 31.1 Å². The summed E-state index contributed by atoms with van der Waals surface area (Å²) in [7, 11) is -0.821. The first kappa shape index (κ1) is 26.1. The van der Waals surface area contributed by atoms with Crippen LogP contribution in [0.4, 0.5) is 11.4 Å². The average molecular weight is 497 g/mol. The average Bonchev–Trinajstić information content (AvgIpc) is 2.86. The normalized spacial score (nSPS) is 11.1. The van der Waals surface area contributed by atoms with Crippen LogP contribution in [0.25, 0.3) is 0 Å². The van der Waals surface area contributed by atoms with Gasteiger partial charge >= 0.3 is 0 Å². The minimum absolute atomic E-state index is 0.0571. The Kier molecular flexibility index (Phi) is 8.76. The molecule has 186 valence electrons. The zero-order valence-electron chi connectivity index (χ0n) is 20.6. The van der Waals surface area contributed by atoms with Gasteiger partial charge in [-0.25, -0.2) is 8.42 Å². The van der Waals surface area contributed by atoms with E-state index in [1.807, 2.05) is 54.6 Å². The van der Waals surface area contributed by atoms with Gasteiger partial charge in [-0.15, -0.1) is 0 Å². The topological polar surface area (TPSA) is 84.9 Å².